The minimum atomic E-state index is 0.389. The van der Waals surface area contributed by atoms with Crippen molar-refractivity contribution in [3.63, 3.8) is 0 Å². The van der Waals surface area contributed by atoms with Crippen LogP contribution in [0.1, 0.15) is 36.8 Å². The third-order valence-electron chi connectivity index (χ3n) is 2.90. The molecule has 0 amide bonds. The van der Waals surface area contributed by atoms with Crippen molar-refractivity contribution in [1.82, 2.24) is 15.5 Å². The number of aryl methyl sites for hydroxylation is 2. The van der Waals surface area contributed by atoms with Crippen LogP contribution in [0, 0.1) is 20.8 Å². The fourth-order valence-corrected chi connectivity index (χ4v) is 1.83. The molecule has 0 bridgehead atoms. The number of hydrogen-bond acceptors (Lipinski definition) is 5. The van der Waals surface area contributed by atoms with E-state index in [9.17, 15) is 0 Å². The number of rotatable bonds is 4. The summed E-state index contributed by atoms with van der Waals surface area (Å²) in [4.78, 5) is 0. The van der Waals surface area contributed by atoms with Crippen molar-refractivity contribution in [3.05, 3.63) is 23.0 Å². The lowest BCUT2D eigenvalue weighted by molar-refractivity contribution is 0.457. The maximum atomic E-state index is 5.65. The first kappa shape index (κ1) is 12.8. The molecule has 0 atom stereocenters. The second kappa shape index (κ2) is 4.94. The van der Waals surface area contributed by atoms with Crippen LogP contribution in [0.25, 0.3) is 11.5 Å². The summed E-state index contributed by atoms with van der Waals surface area (Å²) >= 11 is 0. The van der Waals surface area contributed by atoms with Crippen LogP contribution >= 0.6 is 0 Å². The van der Waals surface area contributed by atoms with Crippen molar-refractivity contribution in [2.45, 2.75) is 47.2 Å². The van der Waals surface area contributed by atoms with E-state index in [2.05, 4.69) is 29.4 Å². The molecule has 0 aliphatic rings. The van der Waals surface area contributed by atoms with E-state index in [1.54, 1.807) is 0 Å². The van der Waals surface area contributed by atoms with Crippen LogP contribution in [0.5, 0.6) is 0 Å². The van der Waals surface area contributed by atoms with E-state index >= 15 is 0 Å². The van der Waals surface area contributed by atoms with Crippen molar-refractivity contribution in [2.24, 2.45) is 0 Å². The second-order valence-corrected chi connectivity index (χ2v) is 4.75. The third kappa shape index (κ3) is 2.46. The molecule has 0 radical (unpaired) electrons. The standard InChI is InChI=1S/C13H19N3O2/c1-7(2)14-6-11-15-16-13(18-11)12-8(3)9(4)17-10(12)5/h7,14H,6H2,1-5H3. The highest BCUT2D eigenvalue weighted by atomic mass is 16.4. The Morgan fingerprint density at radius 2 is 1.78 bits per heavy atom. The minimum Gasteiger partial charge on any atom is -0.466 e. The maximum absolute atomic E-state index is 5.65. The SMILES string of the molecule is Cc1oc(C)c(-c2nnc(CNC(C)C)o2)c1C. The molecule has 0 saturated carbocycles. The van der Waals surface area contributed by atoms with Gasteiger partial charge in [-0.3, -0.25) is 0 Å². The molecule has 0 spiro atoms. The summed E-state index contributed by atoms with van der Waals surface area (Å²) in [5, 5.41) is 11.4. The van der Waals surface area contributed by atoms with E-state index in [1.165, 1.54) is 0 Å². The lowest BCUT2D eigenvalue weighted by Gasteiger charge is -2.03. The molecule has 0 aliphatic heterocycles. The van der Waals surface area contributed by atoms with Gasteiger partial charge >= 0.3 is 0 Å². The average molecular weight is 249 g/mol. The highest BCUT2D eigenvalue weighted by Gasteiger charge is 2.18. The van der Waals surface area contributed by atoms with Gasteiger partial charge in [0.15, 0.2) is 0 Å². The Kier molecular flexibility index (Phi) is 3.52. The summed E-state index contributed by atoms with van der Waals surface area (Å²) in [7, 11) is 0. The summed E-state index contributed by atoms with van der Waals surface area (Å²) in [6, 6.07) is 0.389. The van der Waals surface area contributed by atoms with Crippen molar-refractivity contribution >= 4 is 0 Å². The zero-order valence-electron chi connectivity index (χ0n) is 11.5. The smallest absolute Gasteiger partial charge is 0.251 e. The molecule has 5 heteroatoms. The number of nitrogens with one attached hydrogen (secondary N) is 1. The molecule has 2 heterocycles. The van der Waals surface area contributed by atoms with Crippen molar-refractivity contribution in [1.29, 1.82) is 0 Å². The first-order chi connectivity index (χ1) is 8.49. The lowest BCUT2D eigenvalue weighted by Crippen LogP contribution is -2.21. The largest absolute Gasteiger partial charge is 0.466 e. The summed E-state index contributed by atoms with van der Waals surface area (Å²) < 4.78 is 11.2. The second-order valence-electron chi connectivity index (χ2n) is 4.75. The molecule has 1 N–H and O–H groups in total. The van der Waals surface area contributed by atoms with E-state index in [0.717, 1.165) is 22.6 Å². The topological polar surface area (TPSA) is 64.1 Å². The zero-order valence-corrected chi connectivity index (χ0v) is 11.5. The lowest BCUT2D eigenvalue weighted by atomic mass is 10.1. The Morgan fingerprint density at radius 3 is 2.33 bits per heavy atom. The molecule has 2 rings (SSSR count). The molecular formula is C13H19N3O2. The van der Waals surface area contributed by atoms with Gasteiger partial charge in [0, 0.05) is 11.6 Å². The van der Waals surface area contributed by atoms with Crippen molar-refractivity contribution in [3.8, 4) is 11.5 Å². The van der Waals surface area contributed by atoms with Gasteiger partial charge in [-0.2, -0.15) is 0 Å². The van der Waals surface area contributed by atoms with Crippen LogP contribution in [0.15, 0.2) is 8.83 Å². The van der Waals surface area contributed by atoms with Gasteiger partial charge in [0.1, 0.15) is 11.5 Å². The quantitative estimate of drug-likeness (QED) is 0.902. The van der Waals surface area contributed by atoms with Crippen molar-refractivity contribution < 1.29 is 8.83 Å². The predicted molar refractivity (Wildman–Crippen MR) is 68.2 cm³/mol. The number of furan rings is 1. The Hall–Kier alpha value is -1.62. The number of nitrogens with zero attached hydrogens (tertiary/aromatic N) is 2. The van der Waals surface area contributed by atoms with Gasteiger partial charge in [0.25, 0.3) is 5.89 Å². The summed E-state index contributed by atoms with van der Waals surface area (Å²) in [5.74, 6) is 2.83. The third-order valence-corrected chi connectivity index (χ3v) is 2.90. The maximum Gasteiger partial charge on any atom is 0.251 e. The van der Waals surface area contributed by atoms with E-state index in [4.69, 9.17) is 8.83 Å². The molecule has 0 aromatic carbocycles. The van der Waals surface area contributed by atoms with E-state index in [-0.39, 0.29) is 0 Å². The summed E-state index contributed by atoms with van der Waals surface area (Å²) in [6.45, 7) is 10.6. The Morgan fingerprint density at radius 1 is 1.06 bits per heavy atom. The Bertz CT molecular complexity index is 540. The average Bonchev–Trinajstić information content (AvgIpc) is 2.83. The van der Waals surface area contributed by atoms with Crippen LogP contribution in [0.4, 0.5) is 0 Å². The molecule has 0 unspecified atom stereocenters. The fraction of sp³-hybridized carbons (Fsp3) is 0.538. The molecular weight excluding hydrogens is 230 g/mol. The molecule has 2 aromatic heterocycles. The van der Waals surface area contributed by atoms with Gasteiger partial charge in [-0.05, 0) is 20.8 Å². The Balaban J connectivity index is 2.24. The zero-order chi connectivity index (χ0) is 13.3. The van der Waals surface area contributed by atoms with Gasteiger partial charge in [0.2, 0.25) is 5.89 Å². The van der Waals surface area contributed by atoms with E-state index in [1.807, 2.05) is 20.8 Å². The molecule has 0 fully saturated rings. The van der Waals surface area contributed by atoms with Crippen LogP contribution in [-0.2, 0) is 6.54 Å². The fourth-order valence-electron chi connectivity index (χ4n) is 1.83. The summed E-state index contributed by atoms with van der Waals surface area (Å²) in [6.07, 6.45) is 0. The van der Waals surface area contributed by atoms with E-state index < -0.39 is 0 Å². The molecule has 0 aliphatic carbocycles. The molecule has 18 heavy (non-hydrogen) atoms. The number of hydrogen-bond donors (Lipinski definition) is 1. The highest BCUT2D eigenvalue weighted by molar-refractivity contribution is 5.61. The molecule has 5 nitrogen and oxygen atoms in total. The van der Waals surface area contributed by atoms with Gasteiger partial charge in [-0.1, -0.05) is 13.8 Å². The van der Waals surface area contributed by atoms with Gasteiger partial charge < -0.3 is 14.2 Å². The van der Waals surface area contributed by atoms with Crippen LogP contribution in [0.2, 0.25) is 0 Å². The van der Waals surface area contributed by atoms with Crippen LogP contribution < -0.4 is 5.32 Å². The Labute approximate surface area is 107 Å². The molecule has 0 saturated heterocycles. The molecule has 2 aromatic rings. The van der Waals surface area contributed by atoms with Gasteiger partial charge in [0.05, 0.1) is 12.1 Å². The first-order valence-electron chi connectivity index (χ1n) is 6.11. The molecule has 98 valence electrons. The highest BCUT2D eigenvalue weighted by Crippen LogP contribution is 2.30. The van der Waals surface area contributed by atoms with Gasteiger partial charge in [-0.25, -0.2) is 0 Å². The van der Waals surface area contributed by atoms with E-state index in [0.29, 0.717) is 24.4 Å². The van der Waals surface area contributed by atoms with Gasteiger partial charge in [-0.15, -0.1) is 10.2 Å². The minimum absolute atomic E-state index is 0.389. The normalized spacial score (nSPS) is 11.4. The first-order valence-corrected chi connectivity index (χ1v) is 6.11. The number of aromatic nitrogens is 2. The van der Waals surface area contributed by atoms with Crippen LogP contribution in [-0.4, -0.2) is 16.2 Å². The predicted octanol–water partition coefficient (Wildman–Crippen LogP) is 2.75. The van der Waals surface area contributed by atoms with Crippen molar-refractivity contribution in [2.75, 3.05) is 0 Å². The monoisotopic (exact) mass is 249 g/mol. The summed E-state index contributed by atoms with van der Waals surface area (Å²) in [5.41, 5.74) is 1.97. The van der Waals surface area contributed by atoms with Crippen LogP contribution in [0.3, 0.4) is 0 Å².